The Balaban J connectivity index is 2.20. The highest BCUT2D eigenvalue weighted by Gasteiger charge is 2.46. The fraction of sp³-hybridized carbons (Fsp3) is 0.375. The Hall–Kier alpha value is -1.01. The molecule has 0 radical (unpaired) electrons. The third-order valence-corrected chi connectivity index (χ3v) is 2.71. The lowest BCUT2D eigenvalue weighted by atomic mass is 10.3. The largest absolute Gasteiger partial charge is 0.382 e. The van der Waals surface area contributed by atoms with E-state index in [2.05, 4.69) is 31.0 Å². The Bertz CT molecular complexity index is 505. The third kappa shape index (κ3) is 1.14. The second-order valence-corrected chi connectivity index (χ2v) is 4.40. The van der Waals surface area contributed by atoms with Crippen LogP contribution < -0.4 is 0 Å². The van der Waals surface area contributed by atoms with Crippen molar-refractivity contribution in [1.82, 2.24) is 19.6 Å². The van der Waals surface area contributed by atoms with Gasteiger partial charge in [0.15, 0.2) is 5.82 Å². The highest BCUT2D eigenvalue weighted by atomic mass is 79.9. The molecule has 0 aromatic carbocycles. The molecule has 6 heteroatoms. The zero-order valence-electron chi connectivity index (χ0n) is 7.18. The number of rotatable bonds is 1. The summed E-state index contributed by atoms with van der Waals surface area (Å²) in [4.78, 5) is 8.23. The van der Waals surface area contributed by atoms with E-state index < -0.39 is 5.60 Å². The van der Waals surface area contributed by atoms with Crippen LogP contribution in [0.25, 0.3) is 5.78 Å². The zero-order valence-corrected chi connectivity index (χ0v) is 8.77. The van der Waals surface area contributed by atoms with Gasteiger partial charge in [-0.05, 0) is 28.8 Å². The van der Waals surface area contributed by atoms with Crippen LogP contribution >= 0.6 is 15.9 Å². The first-order valence-electron chi connectivity index (χ1n) is 4.28. The van der Waals surface area contributed by atoms with Gasteiger partial charge in [-0.15, -0.1) is 5.10 Å². The van der Waals surface area contributed by atoms with Gasteiger partial charge in [0, 0.05) is 12.4 Å². The van der Waals surface area contributed by atoms with E-state index in [0.29, 0.717) is 11.6 Å². The summed E-state index contributed by atoms with van der Waals surface area (Å²) < 4.78 is 2.40. The number of fused-ring (bicyclic) bond motifs is 1. The average Bonchev–Trinajstić information content (AvgIpc) is 2.77. The van der Waals surface area contributed by atoms with Crippen molar-refractivity contribution in [2.45, 2.75) is 18.4 Å². The van der Waals surface area contributed by atoms with E-state index in [0.717, 1.165) is 17.3 Å². The Morgan fingerprint density at radius 3 is 3.00 bits per heavy atom. The summed E-state index contributed by atoms with van der Waals surface area (Å²) in [6.45, 7) is 0. The molecule has 14 heavy (non-hydrogen) atoms. The van der Waals surface area contributed by atoms with Gasteiger partial charge in [-0.1, -0.05) is 0 Å². The van der Waals surface area contributed by atoms with Crippen LogP contribution in [0.5, 0.6) is 0 Å². The molecule has 1 aliphatic carbocycles. The van der Waals surface area contributed by atoms with Crippen LogP contribution in [0.4, 0.5) is 0 Å². The molecule has 1 N–H and O–H groups in total. The van der Waals surface area contributed by atoms with Crippen molar-refractivity contribution in [2.24, 2.45) is 0 Å². The highest BCUT2D eigenvalue weighted by molar-refractivity contribution is 9.10. The standard InChI is InChI=1S/C8H7BrN4O/c9-5-3-10-7-11-6(8(14)1-2-8)12-13(7)4-5/h3-4,14H,1-2H2. The van der Waals surface area contributed by atoms with Gasteiger partial charge in [0.25, 0.3) is 5.78 Å². The lowest BCUT2D eigenvalue weighted by Crippen LogP contribution is -2.06. The molecule has 2 aromatic heterocycles. The van der Waals surface area contributed by atoms with Gasteiger partial charge in [-0.25, -0.2) is 9.50 Å². The van der Waals surface area contributed by atoms with E-state index in [9.17, 15) is 5.11 Å². The van der Waals surface area contributed by atoms with Crippen LogP contribution in [0.15, 0.2) is 16.9 Å². The van der Waals surface area contributed by atoms with Crippen molar-refractivity contribution in [2.75, 3.05) is 0 Å². The van der Waals surface area contributed by atoms with Crippen molar-refractivity contribution in [3.8, 4) is 0 Å². The second kappa shape index (κ2) is 2.52. The molecule has 2 heterocycles. The topological polar surface area (TPSA) is 63.3 Å². The lowest BCUT2D eigenvalue weighted by molar-refractivity contribution is 0.141. The van der Waals surface area contributed by atoms with Gasteiger partial charge >= 0.3 is 0 Å². The number of aromatic nitrogens is 4. The molecule has 2 aromatic rings. The van der Waals surface area contributed by atoms with Crippen LogP contribution in [-0.2, 0) is 5.60 Å². The fourth-order valence-electron chi connectivity index (χ4n) is 1.30. The van der Waals surface area contributed by atoms with Crippen molar-refractivity contribution >= 4 is 21.7 Å². The molecule has 0 unspecified atom stereocenters. The minimum atomic E-state index is -0.791. The predicted molar refractivity (Wildman–Crippen MR) is 51.6 cm³/mol. The van der Waals surface area contributed by atoms with Crippen molar-refractivity contribution in [3.63, 3.8) is 0 Å². The second-order valence-electron chi connectivity index (χ2n) is 3.48. The number of halogens is 1. The summed E-state index contributed by atoms with van der Waals surface area (Å²) >= 11 is 3.29. The van der Waals surface area contributed by atoms with Crippen LogP contribution in [0, 0.1) is 0 Å². The zero-order chi connectivity index (χ0) is 9.76. The molecule has 1 saturated carbocycles. The van der Waals surface area contributed by atoms with Crippen LogP contribution in [0.2, 0.25) is 0 Å². The van der Waals surface area contributed by atoms with E-state index in [1.807, 2.05) is 0 Å². The number of hydrogen-bond donors (Lipinski definition) is 1. The quantitative estimate of drug-likeness (QED) is 0.821. The monoisotopic (exact) mass is 254 g/mol. The number of nitrogens with zero attached hydrogens (tertiary/aromatic N) is 4. The van der Waals surface area contributed by atoms with Gasteiger partial charge < -0.3 is 5.11 Å². The summed E-state index contributed by atoms with van der Waals surface area (Å²) in [5.74, 6) is 0.992. The maximum absolute atomic E-state index is 9.79. The normalized spacial score (nSPS) is 18.7. The van der Waals surface area contributed by atoms with Gasteiger partial charge in [-0.3, -0.25) is 0 Å². The van der Waals surface area contributed by atoms with Crippen LogP contribution in [0.3, 0.4) is 0 Å². The first-order chi connectivity index (χ1) is 6.67. The summed E-state index contributed by atoms with van der Waals surface area (Å²) in [7, 11) is 0. The molecule has 0 saturated heterocycles. The molecule has 1 fully saturated rings. The number of aliphatic hydroxyl groups is 1. The predicted octanol–water partition coefficient (Wildman–Crippen LogP) is 0.868. The van der Waals surface area contributed by atoms with Gasteiger partial charge in [0.1, 0.15) is 5.60 Å². The molecule has 0 aliphatic heterocycles. The Morgan fingerprint density at radius 1 is 1.50 bits per heavy atom. The Morgan fingerprint density at radius 2 is 2.29 bits per heavy atom. The van der Waals surface area contributed by atoms with Crippen molar-refractivity contribution < 1.29 is 5.11 Å². The SMILES string of the molecule is OC1(c2nc3ncc(Br)cn3n2)CC1. The van der Waals surface area contributed by atoms with Crippen molar-refractivity contribution in [3.05, 3.63) is 22.7 Å². The maximum Gasteiger partial charge on any atom is 0.252 e. The summed E-state index contributed by atoms with van der Waals surface area (Å²) in [5, 5.41) is 14.0. The smallest absolute Gasteiger partial charge is 0.252 e. The van der Waals surface area contributed by atoms with E-state index >= 15 is 0 Å². The van der Waals surface area contributed by atoms with E-state index in [-0.39, 0.29) is 0 Å². The Labute approximate surface area is 87.9 Å². The maximum atomic E-state index is 9.79. The highest BCUT2D eigenvalue weighted by Crippen LogP contribution is 2.43. The molecule has 72 valence electrons. The third-order valence-electron chi connectivity index (χ3n) is 2.30. The molecular formula is C8H7BrN4O. The molecule has 0 amide bonds. The van der Waals surface area contributed by atoms with E-state index in [1.165, 1.54) is 0 Å². The molecule has 1 aliphatic rings. The average molecular weight is 255 g/mol. The summed E-state index contributed by atoms with van der Waals surface area (Å²) in [6.07, 6.45) is 4.91. The molecule has 5 nitrogen and oxygen atoms in total. The van der Waals surface area contributed by atoms with Crippen molar-refractivity contribution in [1.29, 1.82) is 0 Å². The van der Waals surface area contributed by atoms with Crippen LogP contribution in [0.1, 0.15) is 18.7 Å². The molecule has 0 atom stereocenters. The lowest BCUT2D eigenvalue weighted by Gasteiger charge is -1.97. The van der Waals surface area contributed by atoms with Gasteiger partial charge in [0.2, 0.25) is 0 Å². The van der Waals surface area contributed by atoms with Gasteiger partial charge in [0.05, 0.1) is 4.47 Å². The van der Waals surface area contributed by atoms with E-state index in [1.54, 1.807) is 16.9 Å². The summed E-state index contributed by atoms with van der Waals surface area (Å²) in [6, 6.07) is 0. The molecular weight excluding hydrogens is 248 g/mol. The molecule has 0 spiro atoms. The minimum Gasteiger partial charge on any atom is -0.382 e. The van der Waals surface area contributed by atoms with E-state index in [4.69, 9.17) is 0 Å². The minimum absolute atomic E-state index is 0.475. The first kappa shape index (κ1) is 8.31. The van der Waals surface area contributed by atoms with Gasteiger partial charge in [-0.2, -0.15) is 4.98 Å². The van der Waals surface area contributed by atoms with Crippen LogP contribution in [-0.4, -0.2) is 24.7 Å². The fourth-order valence-corrected chi connectivity index (χ4v) is 1.59. The molecule has 3 rings (SSSR count). The first-order valence-corrected chi connectivity index (χ1v) is 5.07. The molecule has 0 bridgehead atoms. The Kier molecular flexibility index (Phi) is 1.49. The number of hydrogen-bond acceptors (Lipinski definition) is 4. The summed E-state index contributed by atoms with van der Waals surface area (Å²) in [5.41, 5.74) is -0.791.